The van der Waals surface area contributed by atoms with Gasteiger partial charge in [0.1, 0.15) is 18.1 Å². The summed E-state index contributed by atoms with van der Waals surface area (Å²) >= 11 is 0. The number of nitrogens with zero attached hydrogens (tertiary/aromatic N) is 1. The molecule has 0 saturated heterocycles. The Labute approximate surface area is 171 Å². The van der Waals surface area contributed by atoms with Crippen molar-refractivity contribution >= 4 is 5.96 Å². The highest BCUT2D eigenvalue weighted by Gasteiger charge is 2.21. The standard InChI is InChI=1S/C24H25N3O2/c25-24(27-22-14-15-28-23-9-5-4-8-21(22)23)26-16-18-10-12-19(13-11-18)17-29-20-6-2-1-3-7-20/h1-13,22H,14-17H2,(H3,25,26,27). The van der Waals surface area contributed by atoms with E-state index in [1.807, 2.05) is 48.5 Å². The quantitative estimate of drug-likeness (QED) is 0.491. The van der Waals surface area contributed by atoms with Crippen molar-refractivity contribution in [3.63, 3.8) is 0 Å². The largest absolute Gasteiger partial charge is 0.493 e. The maximum absolute atomic E-state index is 6.13. The number of rotatable bonds is 6. The molecule has 5 nitrogen and oxygen atoms in total. The zero-order valence-electron chi connectivity index (χ0n) is 16.3. The molecule has 1 atom stereocenters. The van der Waals surface area contributed by atoms with Crippen LogP contribution in [0.25, 0.3) is 0 Å². The predicted octanol–water partition coefficient (Wildman–Crippen LogP) is 4.19. The number of guanidine groups is 1. The summed E-state index contributed by atoms with van der Waals surface area (Å²) in [4.78, 5) is 4.50. The summed E-state index contributed by atoms with van der Waals surface area (Å²) < 4.78 is 11.5. The highest BCUT2D eigenvalue weighted by Crippen LogP contribution is 2.31. The van der Waals surface area contributed by atoms with E-state index in [1.54, 1.807) is 0 Å². The number of aliphatic imine (C=N–C) groups is 1. The molecule has 1 unspecified atom stereocenters. The second-order valence-corrected chi connectivity index (χ2v) is 6.99. The first-order valence-electron chi connectivity index (χ1n) is 9.82. The summed E-state index contributed by atoms with van der Waals surface area (Å²) in [6.45, 7) is 1.75. The minimum Gasteiger partial charge on any atom is -0.493 e. The highest BCUT2D eigenvalue weighted by atomic mass is 16.5. The third kappa shape index (κ3) is 5.08. The fraction of sp³-hybridized carbons (Fsp3) is 0.208. The number of benzene rings is 3. The van der Waals surface area contributed by atoms with Crippen molar-refractivity contribution in [3.8, 4) is 11.5 Å². The lowest BCUT2D eigenvalue weighted by Crippen LogP contribution is -2.37. The van der Waals surface area contributed by atoms with Crippen molar-refractivity contribution < 1.29 is 9.47 Å². The SMILES string of the molecule is NC(=NCc1ccc(COc2ccccc2)cc1)NC1CCOc2ccccc21. The van der Waals surface area contributed by atoms with Crippen LogP contribution in [0.4, 0.5) is 0 Å². The number of hydrogen-bond donors (Lipinski definition) is 2. The van der Waals surface area contributed by atoms with E-state index in [0.717, 1.165) is 34.6 Å². The molecule has 0 saturated carbocycles. The predicted molar refractivity (Wildman–Crippen MR) is 115 cm³/mol. The van der Waals surface area contributed by atoms with E-state index in [-0.39, 0.29) is 6.04 Å². The van der Waals surface area contributed by atoms with Gasteiger partial charge in [-0.1, -0.05) is 60.7 Å². The minimum absolute atomic E-state index is 0.126. The number of nitrogens with one attached hydrogen (secondary N) is 1. The molecule has 0 aromatic heterocycles. The van der Waals surface area contributed by atoms with Crippen molar-refractivity contribution in [1.29, 1.82) is 0 Å². The van der Waals surface area contributed by atoms with Crippen molar-refractivity contribution in [2.24, 2.45) is 10.7 Å². The fourth-order valence-corrected chi connectivity index (χ4v) is 3.32. The fourth-order valence-electron chi connectivity index (χ4n) is 3.32. The van der Waals surface area contributed by atoms with Crippen molar-refractivity contribution in [3.05, 3.63) is 95.6 Å². The Kier molecular flexibility index (Phi) is 5.95. The zero-order valence-corrected chi connectivity index (χ0v) is 16.3. The van der Waals surface area contributed by atoms with Gasteiger partial charge in [-0.2, -0.15) is 0 Å². The molecule has 3 N–H and O–H groups in total. The Morgan fingerprint density at radius 3 is 2.52 bits per heavy atom. The van der Waals surface area contributed by atoms with Crippen LogP contribution in [0.1, 0.15) is 29.2 Å². The Morgan fingerprint density at radius 1 is 0.966 bits per heavy atom. The summed E-state index contributed by atoms with van der Waals surface area (Å²) in [6, 6.07) is 26.2. The van der Waals surface area contributed by atoms with Gasteiger partial charge in [0.2, 0.25) is 0 Å². The Hall–Kier alpha value is -3.47. The van der Waals surface area contributed by atoms with Gasteiger partial charge in [-0.05, 0) is 29.3 Å². The number of para-hydroxylation sites is 2. The van der Waals surface area contributed by atoms with Crippen molar-refractivity contribution in [1.82, 2.24) is 5.32 Å². The molecule has 4 rings (SSSR count). The number of nitrogens with two attached hydrogens (primary N) is 1. The lowest BCUT2D eigenvalue weighted by molar-refractivity contribution is 0.262. The molecular formula is C24H25N3O2. The average molecular weight is 387 g/mol. The monoisotopic (exact) mass is 387 g/mol. The number of hydrogen-bond acceptors (Lipinski definition) is 3. The number of ether oxygens (including phenoxy) is 2. The lowest BCUT2D eigenvalue weighted by atomic mass is 10.0. The molecule has 0 spiro atoms. The van der Waals surface area contributed by atoms with Gasteiger partial charge in [-0.25, -0.2) is 4.99 Å². The van der Waals surface area contributed by atoms with Crippen LogP contribution in [0.3, 0.4) is 0 Å². The summed E-state index contributed by atoms with van der Waals surface area (Å²) in [7, 11) is 0. The molecular weight excluding hydrogens is 362 g/mol. The maximum atomic E-state index is 6.13. The van der Waals surface area contributed by atoms with Crippen LogP contribution in [-0.4, -0.2) is 12.6 Å². The van der Waals surface area contributed by atoms with Gasteiger partial charge >= 0.3 is 0 Å². The van der Waals surface area contributed by atoms with E-state index in [2.05, 4.69) is 40.6 Å². The third-order valence-electron chi connectivity index (χ3n) is 4.88. The smallest absolute Gasteiger partial charge is 0.189 e. The third-order valence-corrected chi connectivity index (χ3v) is 4.88. The summed E-state index contributed by atoms with van der Waals surface area (Å²) in [5.74, 6) is 2.23. The van der Waals surface area contributed by atoms with Crippen LogP contribution in [-0.2, 0) is 13.2 Å². The summed E-state index contributed by atoms with van der Waals surface area (Å²) in [5, 5.41) is 3.32. The van der Waals surface area contributed by atoms with E-state index in [4.69, 9.17) is 15.2 Å². The molecule has 0 bridgehead atoms. The van der Waals surface area contributed by atoms with E-state index in [9.17, 15) is 0 Å². The van der Waals surface area contributed by atoms with E-state index in [1.165, 1.54) is 0 Å². The minimum atomic E-state index is 0.126. The van der Waals surface area contributed by atoms with Gasteiger partial charge in [-0.3, -0.25) is 0 Å². The van der Waals surface area contributed by atoms with Crippen LogP contribution >= 0.6 is 0 Å². The van der Waals surface area contributed by atoms with E-state index >= 15 is 0 Å². The molecule has 0 amide bonds. The summed E-state index contributed by atoms with van der Waals surface area (Å²) in [5.41, 5.74) is 9.47. The van der Waals surface area contributed by atoms with E-state index in [0.29, 0.717) is 25.7 Å². The lowest BCUT2D eigenvalue weighted by Gasteiger charge is -2.26. The molecule has 29 heavy (non-hydrogen) atoms. The second kappa shape index (κ2) is 9.15. The molecule has 3 aromatic rings. The molecule has 0 fully saturated rings. The van der Waals surface area contributed by atoms with E-state index < -0.39 is 0 Å². The Balaban J connectivity index is 1.31. The van der Waals surface area contributed by atoms with Gasteiger partial charge < -0.3 is 20.5 Å². The van der Waals surface area contributed by atoms with Crippen LogP contribution in [0.15, 0.2) is 83.9 Å². The Bertz CT molecular complexity index is 955. The van der Waals surface area contributed by atoms with Crippen molar-refractivity contribution in [2.45, 2.75) is 25.6 Å². The Morgan fingerprint density at radius 2 is 1.69 bits per heavy atom. The average Bonchev–Trinajstić information content (AvgIpc) is 2.78. The normalized spacial score (nSPS) is 15.9. The van der Waals surface area contributed by atoms with Crippen molar-refractivity contribution in [2.75, 3.05) is 6.61 Å². The molecule has 1 heterocycles. The molecule has 0 radical (unpaired) electrons. The molecule has 0 aliphatic carbocycles. The van der Waals surface area contributed by atoms with Gasteiger partial charge in [-0.15, -0.1) is 0 Å². The maximum Gasteiger partial charge on any atom is 0.189 e. The molecule has 1 aliphatic heterocycles. The first-order chi connectivity index (χ1) is 14.3. The highest BCUT2D eigenvalue weighted by molar-refractivity contribution is 5.78. The van der Waals surface area contributed by atoms with Crippen LogP contribution in [0, 0.1) is 0 Å². The van der Waals surface area contributed by atoms with Crippen LogP contribution < -0.4 is 20.5 Å². The second-order valence-electron chi connectivity index (χ2n) is 6.99. The molecule has 1 aliphatic rings. The topological polar surface area (TPSA) is 68.9 Å². The number of fused-ring (bicyclic) bond motifs is 1. The summed E-state index contributed by atoms with van der Waals surface area (Å²) in [6.07, 6.45) is 0.864. The van der Waals surface area contributed by atoms with Crippen LogP contribution in [0.2, 0.25) is 0 Å². The first kappa shape index (κ1) is 18.9. The van der Waals surface area contributed by atoms with Gasteiger partial charge in [0.15, 0.2) is 5.96 Å². The van der Waals surface area contributed by atoms with Gasteiger partial charge in [0.05, 0.1) is 19.2 Å². The van der Waals surface area contributed by atoms with Gasteiger partial charge in [0, 0.05) is 12.0 Å². The molecule has 5 heteroatoms. The zero-order chi connectivity index (χ0) is 19.9. The van der Waals surface area contributed by atoms with Gasteiger partial charge in [0.25, 0.3) is 0 Å². The molecule has 148 valence electrons. The van der Waals surface area contributed by atoms with Crippen LogP contribution in [0.5, 0.6) is 11.5 Å². The molecule has 3 aromatic carbocycles. The first-order valence-corrected chi connectivity index (χ1v) is 9.82.